The Kier molecular flexibility index (Phi) is 5.68. The maximum absolute atomic E-state index is 13.0. The maximum Gasteiger partial charge on any atom is 0.231 e. The number of phenols is 1. The molecule has 2 aromatic rings. The van der Waals surface area contributed by atoms with E-state index in [0.717, 1.165) is 19.4 Å². The van der Waals surface area contributed by atoms with Crippen LogP contribution in [0.15, 0.2) is 36.1 Å². The Morgan fingerprint density at radius 2 is 2.03 bits per heavy atom. The fourth-order valence-corrected chi connectivity index (χ4v) is 4.14. The number of hydrogen-bond acceptors (Lipinski definition) is 6. The van der Waals surface area contributed by atoms with Crippen molar-refractivity contribution in [3.8, 4) is 23.0 Å². The van der Waals surface area contributed by atoms with Gasteiger partial charge in [-0.3, -0.25) is 9.69 Å². The van der Waals surface area contributed by atoms with Gasteiger partial charge in [-0.25, -0.2) is 0 Å². The van der Waals surface area contributed by atoms with E-state index in [2.05, 4.69) is 11.8 Å². The third kappa shape index (κ3) is 3.75. The Morgan fingerprint density at radius 1 is 1.20 bits per heavy atom. The van der Waals surface area contributed by atoms with Crippen molar-refractivity contribution in [2.45, 2.75) is 38.8 Å². The molecule has 6 nitrogen and oxygen atoms in total. The molecule has 0 aliphatic carbocycles. The van der Waals surface area contributed by atoms with Gasteiger partial charge in [-0.2, -0.15) is 0 Å². The molecule has 1 fully saturated rings. The summed E-state index contributed by atoms with van der Waals surface area (Å²) in [5.74, 6) is 1.87. The van der Waals surface area contributed by atoms with Gasteiger partial charge >= 0.3 is 0 Å². The number of allylic oxidation sites excluding steroid dienone is 1. The van der Waals surface area contributed by atoms with Crippen molar-refractivity contribution in [2.24, 2.45) is 0 Å². The molecule has 158 valence electrons. The predicted octanol–water partition coefficient (Wildman–Crippen LogP) is 4.40. The second kappa shape index (κ2) is 8.40. The molecule has 0 bridgehead atoms. The van der Waals surface area contributed by atoms with Crippen molar-refractivity contribution in [1.82, 2.24) is 4.90 Å². The number of likely N-dealkylation sites (tertiary alicyclic amines) is 1. The van der Waals surface area contributed by atoms with Gasteiger partial charge in [0.25, 0.3) is 0 Å². The van der Waals surface area contributed by atoms with Gasteiger partial charge in [0.05, 0.1) is 25.3 Å². The van der Waals surface area contributed by atoms with Crippen LogP contribution in [0.4, 0.5) is 0 Å². The molecular formula is C24H27NO5. The molecule has 4 rings (SSSR count). The normalized spacial score (nSPS) is 20.2. The number of aromatic hydroxyl groups is 1. The van der Waals surface area contributed by atoms with Crippen LogP contribution in [0.3, 0.4) is 0 Å². The number of ketones is 1. The molecule has 2 heterocycles. The van der Waals surface area contributed by atoms with E-state index >= 15 is 0 Å². The number of nitrogens with zero attached hydrogens (tertiary/aromatic N) is 1. The molecule has 2 aromatic carbocycles. The largest absolute Gasteiger partial charge is 0.507 e. The zero-order valence-corrected chi connectivity index (χ0v) is 17.6. The van der Waals surface area contributed by atoms with Gasteiger partial charge in [0.2, 0.25) is 5.78 Å². The number of phenolic OH excluding ortho intramolecular Hbond substituents is 1. The quantitative estimate of drug-likeness (QED) is 0.739. The highest BCUT2D eigenvalue weighted by atomic mass is 16.5. The molecule has 0 radical (unpaired) electrons. The van der Waals surface area contributed by atoms with Gasteiger partial charge in [0, 0.05) is 18.2 Å². The van der Waals surface area contributed by atoms with Crippen LogP contribution < -0.4 is 14.2 Å². The van der Waals surface area contributed by atoms with E-state index in [0.29, 0.717) is 46.5 Å². The average molecular weight is 409 g/mol. The number of benzene rings is 2. The van der Waals surface area contributed by atoms with Gasteiger partial charge in [-0.1, -0.05) is 6.42 Å². The first-order valence-electron chi connectivity index (χ1n) is 10.3. The fraction of sp³-hybridized carbons (Fsp3) is 0.375. The van der Waals surface area contributed by atoms with Crippen LogP contribution in [0.25, 0.3) is 6.08 Å². The van der Waals surface area contributed by atoms with Gasteiger partial charge in [-0.05, 0) is 62.7 Å². The minimum absolute atomic E-state index is 0.152. The lowest BCUT2D eigenvalue weighted by atomic mass is 10.0. The van der Waals surface area contributed by atoms with E-state index in [-0.39, 0.29) is 17.3 Å². The lowest BCUT2D eigenvalue weighted by Gasteiger charge is -2.33. The van der Waals surface area contributed by atoms with Crippen LogP contribution in [-0.4, -0.2) is 42.6 Å². The van der Waals surface area contributed by atoms with Crippen molar-refractivity contribution < 1.29 is 24.1 Å². The smallest absolute Gasteiger partial charge is 0.231 e. The SMILES string of the molecule is COc1ccc(OC)c(/C=C2/Oc3c(ccc(O)c3CN3CCCC[C@H]3C)C2=O)c1. The van der Waals surface area contributed by atoms with E-state index in [4.69, 9.17) is 14.2 Å². The number of piperidine rings is 1. The van der Waals surface area contributed by atoms with Crippen LogP contribution in [0.2, 0.25) is 0 Å². The number of ether oxygens (including phenoxy) is 3. The van der Waals surface area contributed by atoms with Crippen LogP contribution in [0, 0.1) is 0 Å². The lowest BCUT2D eigenvalue weighted by molar-refractivity contribution is 0.101. The maximum atomic E-state index is 13.0. The van der Waals surface area contributed by atoms with Crippen LogP contribution >= 0.6 is 0 Å². The van der Waals surface area contributed by atoms with E-state index in [1.54, 1.807) is 50.6 Å². The molecule has 0 unspecified atom stereocenters. The minimum atomic E-state index is -0.206. The number of rotatable bonds is 5. The van der Waals surface area contributed by atoms with Crippen molar-refractivity contribution in [3.05, 3.63) is 52.8 Å². The van der Waals surface area contributed by atoms with Crippen molar-refractivity contribution in [2.75, 3.05) is 20.8 Å². The second-order valence-electron chi connectivity index (χ2n) is 7.80. The third-order valence-electron chi connectivity index (χ3n) is 5.94. The highest BCUT2D eigenvalue weighted by molar-refractivity contribution is 6.15. The molecule has 1 atom stereocenters. The summed E-state index contributed by atoms with van der Waals surface area (Å²) < 4.78 is 16.7. The molecule has 0 amide bonds. The van der Waals surface area contributed by atoms with Gasteiger partial charge < -0.3 is 19.3 Å². The summed E-state index contributed by atoms with van der Waals surface area (Å²) in [5.41, 5.74) is 1.82. The summed E-state index contributed by atoms with van der Waals surface area (Å²) in [5, 5.41) is 10.5. The summed E-state index contributed by atoms with van der Waals surface area (Å²) in [6.07, 6.45) is 5.16. The monoisotopic (exact) mass is 409 g/mol. The zero-order valence-electron chi connectivity index (χ0n) is 17.6. The fourth-order valence-electron chi connectivity index (χ4n) is 4.14. The first-order valence-corrected chi connectivity index (χ1v) is 10.3. The van der Waals surface area contributed by atoms with E-state index < -0.39 is 0 Å². The number of fused-ring (bicyclic) bond motifs is 1. The highest BCUT2D eigenvalue weighted by Gasteiger charge is 2.32. The number of carbonyl (C=O) groups is 1. The Hall–Kier alpha value is -2.99. The summed E-state index contributed by atoms with van der Waals surface area (Å²) in [4.78, 5) is 15.3. The molecule has 2 aliphatic heterocycles. The second-order valence-corrected chi connectivity index (χ2v) is 7.80. The van der Waals surface area contributed by atoms with Crippen molar-refractivity contribution in [1.29, 1.82) is 0 Å². The number of carbonyl (C=O) groups excluding carboxylic acids is 1. The summed E-state index contributed by atoms with van der Waals surface area (Å²) in [6.45, 7) is 3.73. The van der Waals surface area contributed by atoms with E-state index in [1.807, 2.05) is 0 Å². The van der Waals surface area contributed by atoms with Crippen LogP contribution in [-0.2, 0) is 6.54 Å². The minimum Gasteiger partial charge on any atom is -0.507 e. The molecule has 0 spiro atoms. The molecule has 30 heavy (non-hydrogen) atoms. The number of methoxy groups -OCH3 is 2. The number of Topliss-reactive ketones (excluding diaryl/α,β-unsaturated/α-hetero) is 1. The Bertz CT molecular complexity index is 997. The van der Waals surface area contributed by atoms with Gasteiger partial charge in [0.15, 0.2) is 5.76 Å². The number of hydrogen-bond donors (Lipinski definition) is 1. The van der Waals surface area contributed by atoms with Crippen LogP contribution in [0.5, 0.6) is 23.0 Å². The molecule has 2 aliphatic rings. The lowest BCUT2D eigenvalue weighted by Crippen LogP contribution is -2.36. The van der Waals surface area contributed by atoms with Crippen molar-refractivity contribution in [3.63, 3.8) is 0 Å². The van der Waals surface area contributed by atoms with Gasteiger partial charge in [0.1, 0.15) is 23.0 Å². The third-order valence-corrected chi connectivity index (χ3v) is 5.94. The van der Waals surface area contributed by atoms with Gasteiger partial charge in [-0.15, -0.1) is 0 Å². The predicted molar refractivity (Wildman–Crippen MR) is 114 cm³/mol. The highest BCUT2D eigenvalue weighted by Crippen LogP contribution is 2.41. The standard InChI is InChI=1S/C24H27NO5/c1-15-6-4-5-11-25(15)14-19-20(26)9-8-18-23(27)22(30-24(18)19)13-16-12-17(28-2)7-10-21(16)29-3/h7-10,12-13,15,26H,4-6,11,14H2,1-3H3/b22-13+/t15-/m1/s1. The average Bonchev–Trinajstić information content (AvgIpc) is 3.07. The molecule has 1 N–H and O–H groups in total. The summed E-state index contributed by atoms with van der Waals surface area (Å²) in [7, 11) is 3.16. The van der Waals surface area contributed by atoms with Crippen LogP contribution in [0.1, 0.15) is 47.7 Å². The molecule has 0 aromatic heterocycles. The van der Waals surface area contributed by atoms with E-state index in [9.17, 15) is 9.90 Å². The van der Waals surface area contributed by atoms with E-state index in [1.165, 1.54) is 6.42 Å². The Labute approximate surface area is 176 Å². The Morgan fingerprint density at radius 3 is 2.77 bits per heavy atom. The summed E-state index contributed by atoms with van der Waals surface area (Å²) >= 11 is 0. The topological polar surface area (TPSA) is 68.2 Å². The molecular weight excluding hydrogens is 382 g/mol. The molecule has 1 saturated heterocycles. The first kappa shape index (κ1) is 20.3. The molecule has 0 saturated carbocycles. The Balaban J connectivity index is 1.69. The summed E-state index contributed by atoms with van der Waals surface area (Å²) in [6, 6.07) is 9.01. The molecule has 6 heteroatoms. The van der Waals surface area contributed by atoms with Crippen molar-refractivity contribution >= 4 is 11.9 Å². The first-order chi connectivity index (χ1) is 14.5. The zero-order chi connectivity index (χ0) is 21.3.